The summed E-state index contributed by atoms with van der Waals surface area (Å²) in [4.78, 5) is 72.6. The summed E-state index contributed by atoms with van der Waals surface area (Å²) < 4.78 is 68.3. The normalized spacial score (nSPS) is 13.9. The number of carbonyl (C=O) groups is 4. The van der Waals surface area contributed by atoms with Gasteiger partial charge in [-0.1, -0.05) is 336 Å². The van der Waals surface area contributed by atoms with Gasteiger partial charge in [0.2, 0.25) is 0 Å². The van der Waals surface area contributed by atoms with Gasteiger partial charge in [-0.05, 0) is 25.7 Å². The van der Waals surface area contributed by atoms with Crippen LogP contribution in [-0.2, 0) is 65.4 Å². The molecule has 0 heterocycles. The first-order valence-corrected chi connectivity index (χ1v) is 41.3. The van der Waals surface area contributed by atoms with Crippen molar-refractivity contribution >= 4 is 39.5 Å². The first-order chi connectivity index (χ1) is 44.7. The molecule has 92 heavy (non-hydrogen) atoms. The number of rotatable bonds is 74. The standard InChI is InChI=1S/C73H142O17P2/c1-5-9-13-17-21-25-28-31-32-33-34-35-36-38-41-44-48-52-56-60-73(78)90-69(64-84-71(76)58-54-50-46-42-40-37-29-26-22-18-14-10-6-2)66-88-92(81,82)86-62-67(74)61-85-91(79,80)87-65-68(63-83-70(75)57-53-49-45-24-20-16-12-8-4)89-72(77)59-55-51-47-43-39-30-27-23-19-15-11-7-3/h67-69,74H,5-66H2,1-4H3,(H,79,80)(H,81,82)/t67-,68+,69+/m0/s1. The van der Waals surface area contributed by atoms with Crippen LogP contribution in [0.5, 0.6) is 0 Å². The fraction of sp³-hybridized carbons (Fsp3) is 0.945. The van der Waals surface area contributed by atoms with E-state index in [0.29, 0.717) is 25.7 Å². The molecular formula is C73H142O17P2. The van der Waals surface area contributed by atoms with Crippen molar-refractivity contribution in [2.45, 2.75) is 406 Å². The Morgan fingerprint density at radius 2 is 0.435 bits per heavy atom. The van der Waals surface area contributed by atoms with Crippen LogP contribution in [0.4, 0.5) is 0 Å². The van der Waals surface area contributed by atoms with E-state index in [9.17, 15) is 43.2 Å². The van der Waals surface area contributed by atoms with Crippen molar-refractivity contribution in [3.8, 4) is 0 Å². The molecule has 0 fully saturated rings. The Balaban J connectivity index is 5.19. The molecule has 0 amide bonds. The monoisotopic (exact) mass is 1350 g/mol. The van der Waals surface area contributed by atoms with Crippen molar-refractivity contribution in [2.75, 3.05) is 39.6 Å². The van der Waals surface area contributed by atoms with E-state index in [1.165, 1.54) is 212 Å². The largest absolute Gasteiger partial charge is 0.472 e. The highest BCUT2D eigenvalue weighted by molar-refractivity contribution is 7.47. The lowest BCUT2D eigenvalue weighted by molar-refractivity contribution is -0.161. The number of phosphoric ester groups is 2. The van der Waals surface area contributed by atoms with Gasteiger partial charge < -0.3 is 33.8 Å². The van der Waals surface area contributed by atoms with Crippen LogP contribution in [0.3, 0.4) is 0 Å². The minimum absolute atomic E-state index is 0.108. The Morgan fingerprint density at radius 3 is 0.641 bits per heavy atom. The molecule has 0 saturated heterocycles. The third-order valence-corrected chi connectivity index (χ3v) is 19.0. The summed E-state index contributed by atoms with van der Waals surface area (Å²) in [5, 5.41) is 10.6. The van der Waals surface area contributed by atoms with Gasteiger partial charge in [0.05, 0.1) is 26.4 Å². The third-order valence-electron chi connectivity index (χ3n) is 17.1. The molecule has 0 spiro atoms. The zero-order valence-electron chi connectivity index (χ0n) is 59.5. The van der Waals surface area contributed by atoms with Crippen molar-refractivity contribution in [3.05, 3.63) is 0 Å². The van der Waals surface area contributed by atoms with Gasteiger partial charge in [0, 0.05) is 25.7 Å². The van der Waals surface area contributed by atoms with E-state index in [0.717, 1.165) is 96.3 Å². The van der Waals surface area contributed by atoms with E-state index < -0.39 is 97.5 Å². The predicted octanol–water partition coefficient (Wildman–Crippen LogP) is 21.4. The second-order valence-corrected chi connectivity index (χ2v) is 29.2. The SMILES string of the molecule is CCCCCCCCCCCCCCCCCCCCCC(=O)O[C@H](COC(=O)CCCCCCCCCCCCCCC)COP(=O)(O)OC[C@@H](O)COP(=O)(O)OC[C@@H](COC(=O)CCCCCCCCCC)OC(=O)CCCCCCCCCCCCCC. The number of hydrogen-bond donors (Lipinski definition) is 3. The predicted molar refractivity (Wildman–Crippen MR) is 372 cm³/mol. The van der Waals surface area contributed by atoms with Crippen LogP contribution < -0.4 is 0 Å². The molecule has 0 saturated carbocycles. The molecule has 0 aromatic heterocycles. The highest BCUT2D eigenvalue weighted by Crippen LogP contribution is 2.45. The lowest BCUT2D eigenvalue weighted by Crippen LogP contribution is -2.30. The highest BCUT2D eigenvalue weighted by atomic mass is 31.2. The summed E-state index contributed by atoms with van der Waals surface area (Å²) in [5.74, 6) is -2.12. The zero-order chi connectivity index (χ0) is 67.5. The first kappa shape index (κ1) is 90.1. The zero-order valence-corrected chi connectivity index (χ0v) is 61.3. The van der Waals surface area contributed by atoms with Gasteiger partial charge in [0.15, 0.2) is 12.2 Å². The molecule has 0 radical (unpaired) electrons. The van der Waals surface area contributed by atoms with Crippen molar-refractivity contribution < 1.29 is 80.2 Å². The number of phosphoric acid groups is 2. The second kappa shape index (κ2) is 67.6. The fourth-order valence-corrected chi connectivity index (χ4v) is 12.8. The smallest absolute Gasteiger partial charge is 0.462 e. The van der Waals surface area contributed by atoms with E-state index >= 15 is 0 Å². The highest BCUT2D eigenvalue weighted by Gasteiger charge is 2.30. The molecule has 3 N–H and O–H groups in total. The molecule has 0 aromatic rings. The quantitative estimate of drug-likeness (QED) is 0.0222. The molecular weight excluding hydrogens is 1210 g/mol. The molecule has 546 valence electrons. The molecule has 19 heteroatoms. The summed E-state index contributed by atoms with van der Waals surface area (Å²) >= 11 is 0. The van der Waals surface area contributed by atoms with Crippen LogP contribution in [0.1, 0.15) is 387 Å². The van der Waals surface area contributed by atoms with Crippen molar-refractivity contribution in [2.24, 2.45) is 0 Å². The average molecular weight is 1350 g/mol. The summed E-state index contributed by atoms with van der Waals surface area (Å²) in [7, 11) is -9.90. The van der Waals surface area contributed by atoms with E-state index in [1.807, 2.05) is 0 Å². The molecule has 0 aliphatic rings. The van der Waals surface area contributed by atoms with Crippen molar-refractivity contribution in [1.29, 1.82) is 0 Å². The summed E-state index contributed by atoms with van der Waals surface area (Å²) in [5.41, 5.74) is 0. The van der Waals surface area contributed by atoms with Gasteiger partial charge in [-0.3, -0.25) is 37.3 Å². The lowest BCUT2D eigenvalue weighted by Gasteiger charge is -2.21. The van der Waals surface area contributed by atoms with Crippen molar-refractivity contribution in [3.63, 3.8) is 0 Å². The Morgan fingerprint density at radius 1 is 0.261 bits per heavy atom. The van der Waals surface area contributed by atoms with E-state index in [-0.39, 0.29) is 25.7 Å². The van der Waals surface area contributed by atoms with Gasteiger partial charge in [-0.25, -0.2) is 9.13 Å². The number of carbonyl (C=O) groups excluding carboxylic acids is 4. The number of aliphatic hydroxyl groups is 1. The van der Waals surface area contributed by atoms with E-state index in [2.05, 4.69) is 27.7 Å². The van der Waals surface area contributed by atoms with Crippen LogP contribution in [-0.4, -0.2) is 96.7 Å². The van der Waals surface area contributed by atoms with Crippen LogP contribution in [0.25, 0.3) is 0 Å². The lowest BCUT2D eigenvalue weighted by atomic mass is 10.0. The average Bonchev–Trinajstić information content (AvgIpc) is 1.90. The maximum atomic E-state index is 13.1. The van der Waals surface area contributed by atoms with Crippen LogP contribution in [0, 0.1) is 0 Å². The van der Waals surface area contributed by atoms with Gasteiger partial charge in [-0.2, -0.15) is 0 Å². The van der Waals surface area contributed by atoms with E-state index in [1.54, 1.807) is 0 Å². The molecule has 2 unspecified atom stereocenters. The number of esters is 4. The van der Waals surface area contributed by atoms with E-state index in [4.69, 9.17) is 37.0 Å². The maximum absolute atomic E-state index is 13.1. The first-order valence-electron chi connectivity index (χ1n) is 38.3. The van der Waals surface area contributed by atoms with Crippen molar-refractivity contribution in [1.82, 2.24) is 0 Å². The Hall–Kier alpha value is -1.94. The van der Waals surface area contributed by atoms with Gasteiger partial charge in [-0.15, -0.1) is 0 Å². The summed E-state index contributed by atoms with van der Waals surface area (Å²) in [6.45, 7) is 4.94. The molecule has 0 rings (SSSR count). The number of ether oxygens (including phenoxy) is 4. The Labute approximate surface area is 562 Å². The Bertz CT molecular complexity index is 1760. The Kier molecular flexibility index (Phi) is 66.2. The molecule has 5 atom stereocenters. The molecule has 0 aliphatic carbocycles. The summed E-state index contributed by atoms with van der Waals surface area (Å²) in [6.07, 6.45) is 56.9. The van der Waals surface area contributed by atoms with Gasteiger partial charge in [0.1, 0.15) is 19.3 Å². The molecule has 0 aromatic carbocycles. The van der Waals surface area contributed by atoms with Gasteiger partial charge in [0.25, 0.3) is 0 Å². The minimum Gasteiger partial charge on any atom is -0.462 e. The minimum atomic E-state index is -4.95. The fourth-order valence-electron chi connectivity index (χ4n) is 11.2. The molecule has 17 nitrogen and oxygen atoms in total. The topological polar surface area (TPSA) is 237 Å². The number of hydrogen-bond acceptors (Lipinski definition) is 15. The third kappa shape index (κ3) is 66.7. The van der Waals surface area contributed by atoms with Gasteiger partial charge >= 0.3 is 39.5 Å². The molecule has 0 aliphatic heterocycles. The second-order valence-electron chi connectivity index (χ2n) is 26.3. The van der Waals surface area contributed by atoms with Crippen LogP contribution in [0.15, 0.2) is 0 Å². The number of aliphatic hydroxyl groups excluding tert-OH is 1. The van der Waals surface area contributed by atoms with Crippen LogP contribution in [0.2, 0.25) is 0 Å². The number of unbranched alkanes of at least 4 members (excludes halogenated alkanes) is 48. The van der Waals surface area contributed by atoms with Crippen LogP contribution >= 0.6 is 15.6 Å². The maximum Gasteiger partial charge on any atom is 0.472 e. The summed E-state index contributed by atoms with van der Waals surface area (Å²) in [6, 6.07) is 0. The molecule has 0 bridgehead atoms.